The second-order valence-corrected chi connectivity index (χ2v) is 8.47. The Bertz CT molecular complexity index is 1050. The van der Waals surface area contributed by atoms with Crippen LogP contribution in [0.4, 0.5) is 5.69 Å². The number of anilines is 1. The number of carbonyl (C=O) groups excluding carboxylic acids is 1. The largest absolute Gasteiger partial charge is 0.321 e. The molecule has 7 nitrogen and oxygen atoms in total. The summed E-state index contributed by atoms with van der Waals surface area (Å²) >= 11 is 5.97. The number of rotatable bonds is 6. The molecule has 3 rings (SSSR count). The van der Waals surface area contributed by atoms with Gasteiger partial charge in [-0.2, -0.15) is 5.10 Å². The lowest BCUT2D eigenvalue weighted by atomic mass is 10.1. The summed E-state index contributed by atoms with van der Waals surface area (Å²) < 4.78 is 26.1. The van der Waals surface area contributed by atoms with Crippen molar-refractivity contribution in [2.75, 3.05) is 11.1 Å². The van der Waals surface area contributed by atoms with Crippen molar-refractivity contribution in [2.45, 2.75) is 18.4 Å². The van der Waals surface area contributed by atoms with Crippen molar-refractivity contribution >= 4 is 33.0 Å². The Kier molecular flexibility index (Phi) is 5.57. The Morgan fingerprint density at radius 1 is 1.19 bits per heavy atom. The van der Waals surface area contributed by atoms with Crippen LogP contribution in [0.2, 0.25) is 5.02 Å². The molecule has 0 aliphatic carbocycles. The number of benzene rings is 2. The fourth-order valence-corrected chi connectivity index (χ4v) is 3.69. The summed E-state index contributed by atoms with van der Waals surface area (Å²) in [5.41, 5.74) is 1.52. The molecule has 0 fully saturated rings. The van der Waals surface area contributed by atoms with E-state index in [0.717, 1.165) is 5.56 Å². The molecule has 1 heterocycles. The van der Waals surface area contributed by atoms with Gasteiger partial charge in [0.25, 0.3) is 5.91 Å². The maximum Gasteiger partial charge on any atom is 0.255 e. The first-order chi connectivity index (χ1) is 12.9. The van der Waals surface area contributed by atoms with Crippen molar-refractivity contribution in [2.24, 2.45) is 0 Å². The van der Waals surface area contributed by atoms with Gasteiger partial charge in [0.05, 0.1) is 22.9 Å². The average molecular weight is 405 g/mol. The topological polar surface area (TPSA) is 94.0 Å². The zero-order valence-electron chi connectivity index (χ0n) is 14.5. The Hall–Kier alpha value is -2.71. The predicted molar refractivity (Wildman–Crippen MR) is 103 cm³/mol. The highest BCUT2D eigenvalue weighted by Gasteiger charge is 2.19. The van der Waals surface area contributed by atoms with E-state index < -0.39 is 15.7 Å². The number of nitrogens with zero attached hydrogens (tertiary/aromatic N) is 3. The SMILES string of the molecule is CCS(=O)(=O)c1ccc(Cl)cc1NC(=O)c1ccc(Cn2cncn2)cc1. The fourth-order valence-electron chi connectivity index (χ4n) is 2.48. The lowest BCUT2D eigenvalue weighted by Crippen LogP contribution is -2.15. The second kappa shape index (κ2) is 7.89. The molecule has 1 aromatic heterocycles. The van der Waals surface area contributed by atoms with Gasteiger partial charge in [-0.3, -0.25) is 4.79 Å². The van der Waals surface area contributed by atoms with E-state index in [9.17, 15) is 13.2 Å². The Morgan fingerprint density at radius 3 is 2.56 bits per heavy atom. The summed E-state index contributed by atoms with van der Waals surface area (Å²) in [6, 6.07) is 11.3. The van der Waals surface area contributed by atoms with Crippen molar-refractivity contribution in [3.05, 3.63) is 71.3 Å². The van der Waals surface area contributed by atoms with Crippen LogP contribution in [0.15, 0.2) is 60.0 Å². The molecule has 9 heteroatoms. The number of aromatic nitrogens is 3. The van der Waals surface area contributed by atoms with Gasteiger partial charge >= 0.3 is 0 Å². The van der Waals surface area contributed by atoms with Crippen LogP contribution < -0.4 is 5.32 Å². The van der Waals surface area contributed by atoms with Gasteiger partial charge in [-0.15, -0.1) is 0 Å². The van der Waals surface area contributed by atoms with Crippen LogP contribution in [0.1, 0.15) is 22.8 Å². The first kappa shape index (κ1) is 19.1. The summed E-state index contributed by atoms with van der Waals surface area (Å²) in [5, 5.41) is 7.01. The molecule has 27 heavy (non-hydrogen) atoms. The van der Waals surface area contributed by atoms with E-state index in [1.54, 1.807) is 42.2 Å². The molecule has 0 saturated heterocycles. The van der Waals surface area contributed by atoms with Crippen molar-refractivity contribution in [3.63, 3.8) is 0 Å². The molecular weight excluding hydrogens is 388 g/mol. The molecule has 0 aliphatic heterocycles. The van der Waals surface area contributed by atoms with Crippen LogP contribution in [0.3, 0.4) is 0 Å². The molecule has 0 spiro atoms. The molecule has 0 aliphatic rings. The molecule has 0 radical (unpaired) electrons. The van der Waals surface area contributed by atoms with Crippen LogP contribution in [-0.4, -0.2) is 34.8 Å². The molecular formula is C18H17ClN4O3S. The third kappa shape index (κ3) is 4.53. The van der Waals surface area contributed by atoms with Gasteiger partial charge in [0.1, 0.15) is 12.7 Å². The first-order valence-corrected chi connectivity index (χ1v) is 10.2. The Morgan fingerprint density at radius 2 is 1.93 bits per heavy atom. The zero-order valence-corrected chi connectivity index (χ0v) is 16.0. The standard InChI is InChI=1S/C18H17ClN4O3S/c1-2-27(25,26)17-8-7-15(19)9-16(17)22-18(24)14-5-3-13(4-6-14)10-23-12-20-11-21-23/h3-9,11-12H,2,10H2,1H3,(H,22,24). The van der Waals surface area contributed by atoms with Gasteiger partial charge in [-0.25, -0.2) is 18.1 Å². The molecule has 0 unspecified atom stereocenters. The van der Waals surface area contributed by atoms with Gasteiger partial charge in [-0.1, -0.05) is 30.7 Å². The molecule has 3 aromatic rings. The number of nitrogens with one attached hydrogen (secondary N) is 1. The van der Waals surface area contributed by atoms with Crippen molar-refractivity contribution in [1.29, 1.82) is 0 Å². The minimum atomic E-state index is -3.50. The number of hydrogen-bond donors (Lipinski definition) is 1. The first-order valence-electron chi connectivity index (χ1n) is 8.14. The van der Waals surface area contributed by atoms with Gasteiger partial charge in [0, 0.05) is 10.6 Å². The van der Waals surface area contributed by atoms with Gasteiger partial charge < -0.3 is 5.32 Å². The van der Waals surface area contributed by atoms with Crippen molar-refractivity contribution in [1.82, 2.24) is 14.8 Å². The molecule has 0 saturated carbocycles. The van der Waals surface area contributed by atoms with E-state index in [4.69, 9.17) is 11.6 Å². The maximum atomic E-state index is 12.5. The highest BCUT2D eigenvalue weighted by atomic mass is 35.5. The van der Waals surface area contributed by atoms with Crippen LogP contribution in [0.25, 0.3) is 0 Å². The van der Waals surface area contributed by atoms with E-state index in [0.29, 0.717) is 17.1 Å². The molecule has 2 aromatic carbocycles. The molecule has 140 valence electrons. The van der Waals surface area contributed by atoms with Crippen LogP contribution in [0.5, 0.6) is 0 Å². The van der Waals surface area contributed by atoms with Crippen LogP contribution in [0, 0.1) is 0 Å². The van der Waals surface area contributed by atoms with Crippen molar-refractivity contribution < 1.29 is 13.2 Å². The van der Waals surface area contributed by atoms with E-state index in [1.165, 1.54) is 24.5 Å². The minimum Gasteiger partial charge on any atom is -0.321 e. The van der Waals surface area contributed by atoms with E-state index in [2.05, 4.69) is 15.4 Å². The summed E-state index contributed by atoms with van der Waals surface area (Å²) in [6.45, 7) is 2.08. The quantitative estimate of drug-likeness (QED) is 0.681. The lowest BCUT2D eigenvalue weighted by Gasteiger charge is -2.12. The van der Waals surface area contributed by atoms with Gasteiger partial charge in [0.2, 0.25) is 0 Å². The smallest absolute Gasteiger partial charge is 0.255 e. The highest BCUT2D eigenvalue weighted by Crippen LogP contribution is 2.26. The Balaban J connectivity index is 1.80. The van der Waals surface area contributed by atoms with Crippen LogP contribution in [-0.2, 0) is 16.4 Å². The number of halogens is 1. The fraction of sp³-hybridized carbons (Fsp3) is 0.167. The minimum absolute atomic E-state index is 0.0468. The number of carbonyl (C=O) groups is 1. The normalized spacial score (nSPS) is 11.3. The summed E-state index contributed by atoms with van der Waals surface area (Å²) in [6.07, 6.45) is 3.06. The molecule has 1 amide bonds. The number of hydrogen-bond acceptors (Lipinski definition) is 5. The molecule has 1 N–H and O–H groups in total. The maximum absolute atomic E-state index is 12.5. The second-order valence-electron chi connectivity index (χ2n) is 5.79. The van der Waals surface area contributed by atoms with Crippen molar-refractivity contribution in [3.8, 4) is 0 Å². The summed E-state index contributed by atoms with van der Waals surface area (Å²) in [5.74, 6) is -0.494. The highest BCUT2D eigenvalue weighted by molar-refractivity contribution is 7.91. The zero-order chi connectivity index (χ0) is 19.4. The predicted octanol–water partition coefficient (Wildman–Crippen LogP) is 3.03. The third-order valence-electron chi connectivity index (χ3n) is 3.93. The number of sulfone groups is 1. The Labute approximate surface area is 161 Å². The van der Waals surface area contributed by atoms with Crippen LogP contribution >= 0.6 is 11.6 Å². The summed E-state index contributed by atoms with van der Waals surface area (Å²) in [7, 11) is -3.50. The van der Waals surface area contributed by atoms with E-state index >= 15 is 0 Å². The van der Waals surface area contributed by atoms with E-state index in [-0.39, 0.29) is 16.3 Å². The van der Waals surface area contributed by atoms with Gasteiger partial charge in [-0.05, 0) is 35.9 Å². The lowest BCUT2D eigenvalue weighted by molar-refractivity contribution is 0.102. The molecule has 0 atom stereocenters. The van der Waals surface area contributed by atoms with E-state index in [1.807, 2.05) is 0 Å². The summed E-state index contributed by atoms with van der Waals surface area (Å²) in [4.78, 5) is 16.5. The van der Waals surface area contributed by atoms with Gasteiger partial charge in [0.15, 0.2) is 9.84 Å². The third-order valence-corrected chi connectivity index (χ3v) is 5.95. The number of amides is 1. The monoisotopic (exact) mass is 404 g/mol. The molecule has 0 bridgehead atoms. The average Bonchev–Trinajstić information content (AvgIpc) is 3.15.